The molecule has 3 heterocycles. The number of hydrogen-bond acceptors (Lipinski definition) is 3. The molecule has 3 aromatic rings. The number of aromatic nitrogens is 2. The second kappa shape index (κ2) is 5.52. The molecule has 0 bridgehead atoms. The third kappa shape index (κ3) is 2.49. The van der Waals surface area contributed by atoms with Gasteiger partial charge in [0.25, 0.3) is 0 Å². The maximum atomic E-state index is 11.4. The third-order valence-electron chi connectivity index (χ3n) is 4.55. The van der Waals surface area contributed by atoms with Crippen LogP contribution in [0.1, 0.15) is 27.3 Å². The van der Waals surface area contributed by atoms with E-state index in [0.29, 0.717) is 12.2 Å². The number of carbonyl (C=O) groups is 1. The minimum absolute atomic E-state index is 0.0579. The number of imidazole rings is 1. The van der Waals surface area contributed by atoms with Crippen LogP contribution in [0.5, 0.6) is 0 Å². The average molecular weight is 307 g/mol. The van der Waals surface area contributed by atoms with Crippen LogP contribution in [0.4, 0.5) is 0 Å². The summed E-state index contributed by atoms with van der Waals surface area (Å²) < 4.78 is 1.86. The number of carboxylic acid groups (broad SMARTS) is 1. The molecule has 1 unspecified atom stereocenters. The van der Waals surface area contributed by atoms with E-state index in [1.807, 2.05) is 28.8 Å². The van der Waals surface area contributed by atoms with Crippen LogP contribution < -0.4 is 10.0 Å². The lowest BCUT2D eigenvalue weighted by Crippen LogP contribution is -3.10. The molecule has 1 N–H and O–H groups in total. The van der Waals surface area contributed by atoms with Gasteiger partial charge in [-0.2, -0.15) is 0 Å². The summed E-state index contributed by atoms with van der Waals surface area (Å²) in [5.41, 5.74) is 4.17. The van der Waals surface area contributed by atoms with Crippen molar-refractivity contribution in [2.24, 2.45) is 0 Å². The number of nitrogens with zero attached hydrogens (tertiary/aromatic N) is 2. The highest BCUT2D eigenvalue weighted by atomic mass is 16.4. The number of benzene rings is 1. The molecule has 0 radical (unpaired) electrons. The van der Waals surface area contributed by atoms with Crippen molar-refractivity contribution < 1.29 is 14.8 Å². The molecule has 4 rings (SSSR count). The van der Waals surface area contributed by atoms with Crippen molar-refractivity contribution in [3.8, 4) is 0 Å². The Morgan fingerprint density at radius 3 is 2.78 bits per heavy atom. The summed E-state index contributed by atoms with van der Waals surface area (Å²) in [6, 6.07) is 14.0. The van der Waals surface area contributed by atoms with E-state index in [2.05, 4.69) is 29.2 Å². The van der Waals surface area contributed by atoms with Crippen molar-refractivity contribution in [2.45, 2.75) is 19.5 Å². The van der Waals surface area contributed by atoms with E-state index in [1.165, 1.54) is 16.0 Å². The molecule has 2 aromatic heterocycles. The number of hydrogen-bond donors (Lipinski definition) is 1. The van der Waals surface area contributed by atoms with Gasteiger partial charge in [0.15, 0.2) is 0 Å². The molecular formula is C18H17N3O2. The number of carboxylic acids is 1. The van der Waals surface area contributed by atoms with Gasteiger partial charge in [-0.3, -0.25) is 4.40 Å². The zero-order chi connectivity index (χ0) is 15.8. The predicted molar refractivity (Wildman–Crippen MR) is 82.9 cm³/mol. The van der Waals surface area contributed by atoms with Gasteiger partial charge >= 0.3 is 0 Å². The minimum atomic E-state index is -1.21. The Morgan fingerprint density at radius 2 is 1.96 bits per heavy atom. The first-order chi connectivity index (χ1) is 11.2. The summed E-state index contributed by atoms with van der Waals surface area (Å²) in [6.45, 7) is 2.52. The van der Waals surface area contributed by atoms with Gasteiger partial charge in [-0.15, -0.1) is 0 Å². The fraction of sp³-hybridized carbons (Fsp3) is 0.222. The second-order valence-electron chi connectivity index (χ2n) is 6.00. The zero-order valence-corrected chi connectivity index (χ0v) is 12.7. The lowest BCUT2D eigenvalue weighted by atomic mass is 10.00. The van der Waals surface area contributed by atoms with Crippen LogP contribution in [0, 0.1) is 0 Å². The molecule has 1 aromatic carbocycles. The molecule has 1 aliphatic rings. The van der Waals surface area contributed by atoms with Gasteiger partial charge < -0.3 is 14.8 Å². The van der Waals surface area contributed by atoms with Crippen LogP contribution >= 0.6 is 0 Å². The Hall–Kier alpha value is -2.66. The average Bonchev–Trinajstić information content (AvgIpc) is 2.94. The first-order valence-electron chi connectivity index (χ1n) is 7.80. The molecule has 1 atom stereocenters. The molecule has 5 nitrogen and oxygen atoms in total. The molecule has 0 amide bonds. The summed E-state index contributed by atoms with van der Waals surface area (Å²) >= 11 is 0. The molecule has 0 saturated heterocycles. The van der Waals surface area contributed by atoms with E-state index < -0.39 is 5.97 Å². The monoisotopic (exact) mass is 307 g/mol. The van der Waals surface area contributed by atoms with Gasteiger partial charge in [0.1, 0.15) is 30.1 Å². The Bertz CT molecular complexity index is 885. The first-order valence-corrected chi connectivity index (χ1v) is 7.80. The van der Waals surface area contributed by atoms with E-state index in [0.717, 1.165) is 25.2 Å². The highest BCUT2D eigenvalue weighted by molar-refractivity contribution is 5.86. The standard InChI is InChI=1S/C18H17N3O2/c22-18(23)17-15(21-9-4-3-7-16(21)19-17)12-20-10-8-13-5-1-2-6-14(13)11-20/h1-7,9H,8,10-12H2,(H,22,23). The number of aromatic carboxylic acids is 1. The van der Waals surface area contributed by atoms with Gasteiger partial charge in [0.2, 0.25) is 0 Å². The Kier molecular flexibility index (Phi) is 3.35. The zero-order valence-electron chi connectivity index (χ0n) is 12.7. The van der Waals surface area contributed by atoms with E-state index in [1.54, 1.807) is 0 Å². The molecule has 0 aliphatic carbocycles. The van der Waals surface area contributed by atoms with Crippen molar-refractivity contribution in [3.05, 3.63) is 71.2 Å². The molecule has 0 fully saturated rings. The summed E-state index contributed by atoms with van der Waals surface area (Å²) in [5, 5.41) is 11.4. The van der Waals surface area contributed by atoms with Gasteiger partial charge in [0, 0.05) is 18.2 Å². The van der Waals surface area contributed by atoms with Crippen molar-refractivity contribution in [1.29, 1.82) is 0 Å². The van der Waals surface area contributed by atoms with E-state index >= 15 is 0 Å². The molecule has 23 heavy (non-hydrogen) atoms. The highest BCUT2D eigenvalue weighted by Gasteiger charge is 2.23. The van der Waals surface area contributed by atoms with Crippen LogP contribution in [-0.4, -0.2) is 21.9 Å². The number of rotatable bonds is 3. The van der Waals surface area contributed by atoms with Crippen molar-refractivity contribution in [3.63, 3.8) is 0 Å². The van der Waals surface area contributed by atoms with Gasteiger partial charge in [-0.05, 0) is 17.7 Å². The van der Waals surface area contributed by atoms with Crippen molar-refractivity contribution >= 4 is 11.6 Å². The largest absolute Gasteiger partial charge is 0.543 e. The Balaban J connectivity index is 1.68. The fourth-order valence-electron chi connectivity index (χ4n) is 3.41. The maximum absolute atomic E-state index is 11.4. The highest BCUT2D eigenvalue weighted by Crippen LogP contribution is 2.14. The van der Waals surface area contributed by atoms with Crippen molar-refractivity contribution in [1.82, 2.24) is 9.38 Å². The number of carbonyl (C=O) groups excluding carboxylic acids is 1. The number of fused-ring (bicyclic) bond motifs is 2. The van der Waals surface area contributed by atoms with Crippen LogP contribution in [0.25, 0.3) is 5.65 Å². The molecule has 0 saturated carbocycles. The summed E-state index contributed by atoms with van der Waals surface area (Å²) in [5.74, 6) is -1.21. The van der Waals surface area contributed by atoms with E-state index in [4.69, 9.17) is 0 Å². The van der Waals surface area contributed by atoms with Crippen molar-refractivity contribution in [2.75, 3.05) is 6.54 Å². The summed E-state index contributed by atoms with van der Waals surface area (Å²) in [4.78, 5) is 17.0. The number of quaternary nitrogens is 1. The Morgan fingerprint density at radius 1 is 1.17 bits per heavy atom. The molecule has 116 valence electrons. The summed E-state index contributed by atoms with van der Waals surface area (Å²) in [6.07, 6.45) is 2.88. The topological polar surface area (TPSA) is 61.9 Å². The lowest BCUT2D eigenvalue weighted by molar-refractivity contribution is -0.929. The van der Waals surface area contributed by atoms with Gasteiger partial charge in [0.05, 0.1) is 12.5 Å². The fourth-order valence-corrected chi connectivity index (χ4v) is 3.41. The third-order valence-corrected chi connectivity index (χ3v) is 4.55. The molecule has 5 heteroatoms. The summed E-state index contributed by atoms with van der Waals surface area (Å²) in [7, 11) is 0. The number of pyridine rings is 1. The van der Waals surface area contributed by atoms with E-state index in [-0.39, 0.29) is 5.69 Å². The Labute approximate surface area is 133 Å². The second-order valence-corrected chi connectivity index (χ2v) is 6.00. The van der Waals surface area contributed by atoms with Crippen LogP contribution in [0.2, 0.25) is 0 Å². The minimum Gasteiger partial charge on any atom is -0.543 e. The smallest absolute Gasteiger partial charge is 0.137 e. The molecule has 0 spiro atoms. The predicted octanol–water partition coefficient (Wildman–Crippen LogP) is -0.161. The maximum Gasteiger partial charge on any atom is 0.137 e. The molecular weight excluding hydrogens is 290 g/mol. The van der Waals surface area contributed by atoms with Crippen LogP contribution in [0.3, 0.4) is 0 Å². The molecule has 1 aliphatic heterocycles. The van der Waals surface area contributed by atoms with Gasteiger partial charge in [-0.1, -0.05) is 30.3 Å². The van der Waals surface area contributed by atoms with E-state index in [9.17, 15) is 9.90 Å². The van der Waals surface area contributed by atoms with Crippen LogP contribution in [0.15, 0.2) is 48.7 Å². The SMILES string of the molecule is O=C([O-])c1nc2ccccn2c1C[NH+]1CCc2ccccc2C1. The quantitative estimate of drug-likeness (QED) is 0.731. The van der Waals surface area contributed by atoms with Crippen LogP contribution in [-0.2, 0) is 19.5 Å². The number of nitrogens with one attached hydrogen (secondary N) is 1. The lowest BCUT2D eigenvalue weighted by Gasteiger charge is -2.26. The normalized spacial score (nSPS) is 17.1. The van der Waals surface area contributed by atoms with Gasteiger partial charge in [-0.25, -0.2) is 4.98 Å². The first kappa shape index (κ1) is 14.0.